The van der Waals surface area contributed by atoms with Crippen molar-refractivity contribution in [1.29, 1.82) is 0 Å². The van der Waals surface area contributed by atoms with E-state index in [0.29, 0.717) is 35.0 Å². The van der Waals surface area contributed by atoms with Gasteiger partial charge < -0.3 is 19.5 Å². The highest BCUT2D eigenvalue weighted by atomic mass is 32.2. The van der Waals surface area contributed by atoms with Crippen LogP contribution >= 0.6 is 0 Å². The monoisotopic (exact) mass is 512 g/mol. The average molecular weight is 513 g/mol. The summed E-state index contributed by atoms with van der Waals surface area (Å²) in [5.74, 6) is 1.64. The summed E-state index contributed by atoms with van der Waals surface area (Å²) in [5, 5.41) is 2.88. The quantitative estimate of drug-likeness (QED) is 0.410. The Morgan fingerprint density at radius 2 is 1.50 bits per heavy atom. The molecule has 0 radical (unpaired) electrons. The molecule has 8 nitrogen and oxygen atoms in total. The summed E-state index contributed by atoms with van der Waals surface area (Å²) in [6.45, 7) is 4.31. The highest BCUT2D eigenvalue weighted by molar-refractivity contribution is 7.92. The van der Waals surface area contributed by atoms with Gasteiger partial charge >= 0.3 is 0 Å². The lowest BCUT2D eigenvalue weighted by Crippen LogP contribution is -2.29. The second kappa shape index (κ2) is 11.8. The van der Waals surface area contributed by atoms with E-state index in [-0.39, 0.29) is 18.6 Å². The molecular formula is C27H32N2O6S. The van der Waals surface area contributed by atoms with Gasteiger partial charge in [0.1, 0.15) is 5.75 Å². The van der Waals surface area contributed by atoms with E-state index in [4.69, 9.17) is 14.2 Å². The van der Waals surface area contributed by atoms with Gasteiger partial charge in [-0.2, -0.15) is 0 Å². The maximum atomic E-state index is 12.6. The normalized spacial score (nSPS) is 11.2. The fourth-order valence-electron chi connectivity index (χ4n) is 3.57. The van der Waals surface area contributed by atoms with Gasteiger partial charge in [-0.05, 0) is 73.5 Å². The van der Waals surface area contributed by atoms with Crippen molar-refractivity contribution >= 4 is 21.6 Å². The summed E-state index contributed by atoms with van der Waals surface area (Å²) in [6.07, 6.45) is 1.19. The molecule has 0 aliphatic rings. The number of benzene rings is 3. The van der Waals surface area contributed by atoms with E-state index in [1.165, 1.54) is 10.6 Å². The van der Waals surface area contributed by atoms with Crippen molar-refractivity contribution in [3.63, 3.8) is 0 Å². The highest BCUT2D eigenvalue weighted by Crippen LogP contribution is 2.27. The second-order valence-electron chi connectivity index (χ2n) is 8.50. The number of rotatable bonds is 11. The Labute approximate surface area is 212 Å². The highest BCUT2D eigenvalue weighted by Gasteiger charge is 2.18. The van der Waals surface area contributed by atoms with Crippen LogP contribution in [0.1, 0.15) is 35.3 Å². The summed E-state index contributed by atoms with van der Waals surface area (Å²) in [6, 6.07) is 19.2. The third kappa shape index (κ3) is 7.14. The molecule has 0 unspecified atom stereocenters. The van der Waals surface area contributed by atoms with Crippen LogP contribution in [0.3, 0.4) is 0 Å². The van der Waals surface area contributed by atoms with Crippen LogP contribution in [0.5, 0.6) is 17.2 Å². The fourth-order valence-corrected chi connectivity index (χ4v) is 4.45. The largest absolute Gasteiger partial charge is 0.493 e. The number of nitrogens with one attached hydrogen (secondary N) is 1. The van der Waals surface area contributed by atoms with Crippen LogP contribution in [-0.2, 0) is 23.1 Å². The van der Waals surface area contributed by atoms with E-state index in [0.717, 1.165) is 11.1 Å². The van der Waals surface area contributed by atoms with Gasteiger partial charge in [0.05, 0.1) is 38.8 Å². The maximum Gasteiger partial charge on any atom is 0.251 e. The minimum Gasteiger partial charge on any atom is -0.493 e. The van der Waals surface area contributed by atoms with E-state index < -0.39 is 10.0 Å². The minimum absolute atomic E-state index is 0.0246. The summed E-state index contributed by atoms with van der Waals surface area (Å²) in [5.41, 5.74) is 2.62. The van der Waals surface area contributed by atoms with Gasteiger partial charge in [0.25, 0.3) is 5.91 Å². The molecule has 0 saturated heterocycles. The molecule has 0 saturated carbocycles. The van der Waals surface area contributed by atoms with Gasteiger partial charge in [0.15, 0.2) is 11.5 Å². The Morgan fingerprint density at radius 3 is 2.06 bits per heavy atom. The summed E-state index contributed by atoms with van der Waals surface area (Å²) in [7, 11) is -0.410. The van der Waals surface area contributed by atoms with Crippen LogP contribution in [0.4, 0.5) is 5.69 Å². The first-order valence-electron chi connectivity index (χ1n) is 11.4. The van der Waals surface area contributed by atoms with Gasteiger partial charge in [-0.1, -0.05) is 18.2 Å². The van der Waals surface area contributed by atoms with Crippen molar-refractivity contribution in [1.82, 2.24) is 5.32 Å². The van der Waals surface area contributed by atoms with E-state index in [1.54, 1.807) is 68.8 Å². The molecule has 0 bridgehead atoms. The second-order valence-corrected chi connectivity index (χ2v) is 10.4. The Morgan fingerprint density at radius 1 is 0.889 bits per heavy atom. The molecule has 0 fully saturated rings. The number of carbonyl (C=O) groups is 1. The molecule has 0 aliphatic heterocycles. The summed E-state index contributed by atoms with van der Waals surface area (Å²) < 4.78 is 42.5. The molecule has 0 atom stereocenters. The first-order chi connectivity index (χ1) is 17.1. The van der Waals surface area contributed by atoms with Gasteiger partial charge in [-0.15, -0.1) is 0 Å². The number of carbonyl (C=O) groups excluding carboxylic acids is 1. The van der Waals surface area contributed by atoms with Crippen LogP contribution < -0.4 is 23.8 Å². The number of anilines is 1. The number of hydrogen-bond donors (Lipinski definition) is 1. The molecule has 3 rings (SSSR count). The zero-order chi connectivity index (χ0) is 26.3. The number of amides is 1. The first-order valence-corrected chi connectivity index (χ1v) is 13.3. The molecule has 9 heteroatoms. The Balaban J connectivity index is 1.67. The molecule has 1 amide bonds. The van der Waals surface area contributed by atoms with E-state index in [2.05, 4.69) is 5.32 Å². The smallest absolute Gasteiger partial charge is 0.251 e. The van der Waals surface area contributed by atoms with Crippen LogP contribution in [0.15, 0.2) is 66.7 Å². The van der Waals surface area contributed by atoms with Gasteiger partial charge in [0, 0.05) is 12.1 Å². The van der Waals surface area contributed by atoms with Crippen molar-refractivity contribution < 1.29 is 27.4 Å². The number of hydrogen-bond acceptors (Lipinski definition) is 6. The van der Waals surface area contributed by atoms with Crippen molar-refractivity contribution in [3.05, 3.63) is 83.4 Å². The lowest BCUT2D eigenvalue weighted by Gasteiger charge is -2.23. The van der Waals surface area contributed by atoms with Crippen LogP contribution in [-0.4, -0.2) is 40.9 Å². The summed E-state index contributed by atoms with van der Waals surface area (Å²) in [4.78, 5) is 12.6. The predicted octanol–water partition coefficient (Wildman–Crippen LogP) is 4.39. The molecule has 0 spiro atoms. The average Bonchev–Trinajstić information content (AvgIpc) is 2.85. The van der Waals surface area contributed by atoms with E-state index in [9.17, 15) is 13.2 Å². The zero-order valence-electron chi connectivity index (χ0n) is 21.1. The third-order valence-corrected chi connectivity index (χ3v) is 6.48. The van der Waals surface area contributed by atoms with Crippen molar-refractivity contribution in [2.45, 2.75) is 33.0 Å². The summed E-state index contributed by atoms with van der Waals surface area (Å²) >= 11 is 0. The van der Waals surface area contributed by atoms with Crippen LogP contribution in [0.25, 0.3) is 0 Å². The Kier molecular flexibility index (Phi) is 8.82. The molecule has 0 aliphatic carbocycles. The molecule has 192 valence electrons. The molecule has 36 heavy (non-hydrogen) atoms. The third-order valence-electron chi connectivity index (χ3n) is 5.34. The molecular weight excluding hydrogens is 480 g/mol. The number of sulfonamides is 1. The van der Waals surface area contributed by atoms with Gasteiger partial charge in [-0.25, -0.2) is 8.42 Å². The van der Waals surface area contributed by atoms with Crippen molar-refractivity contribution in [3.8, 4) is 17.2 Å². The van der Waals surface area contributed by atoms with Crippen LogP contribution in [0, 0.1) is 0 Å². The van der Waals surface area contributed by atoms with Gasteiger partial charge in [0.2, 0.25) is 10.0 Å². The number of nitrogens with zero attached hydrogens (tertiary/aromatic N) is 1. The maximum absolute atomic E-state index is 12.6. The molecule has 1 N–H and O–H groups in total. The molecule has 0 heterocycles. The SMILES string of the molecule is COc1ccc(CNC(=O)c2ccc(CN(c3ccc(OC(C)C)cc3)S(C)(=O)=O)cc2)cc1OC. The van der Waals surface area contributed by atoms with E-state index in [1.807, 2.05) is 26.0 Å². The van der Waals surface area contributed by atoms with E-state index >= 15 is 0 Å². The Bertz CT molecular complexity index is 1270. The molecule has 3 aromatic rings. The molecule has 0 aromatic heterocycles. The number of ether oxygens (including phenoxy) is 3. The Hall–Kier alpha value is -3.72. The van der Waals surface area contributed by atoms with Gasteiger partial charge in [-0.3, -0.25) is 9.10 Å². The lowest BCUT2D eigenvalue weighted by atomic mass is 10.1. The predicted molar refractivity (Wildman–Crippen MR) is 140 cm³/mol. The van der Waals surface area contributed by atoms with Crippen molar-refractivity contribution in [2.75, 3.05) is 24.8 Å². The topological polar surface area (TPSA) is 94.2 Å². The lowest BCUT2D eigenvalue weighted by molar-refractivity contribution is 0.0951. The number of methoxy groups -OCH3 is 2. The fraction of sp³-hybridized carbons (Fsp3) is 0.296. The standard InChI is InChI=1S/C27H32N2O6S/c1-19(2)35-24-13-11-23(12-14-24)29(36(5,31)32)18-20-6-9-22(10-7-20)27(30)28-17-21-8-15-25(33-3)26(16-21)34-4/h6-16,19H,17-18H2,1-5H3,(H,28,30). The molecule has 3 aromatic carbocycles. The first kappa shape index (κ1) is 26.9. The zero-order valence-corrected chi connectivity index (χ0v) is 22.0. The van der Waals surface area contributed by atoms with Crippen molar-refractivity contribution in [2.24, 2.45) is 0 Å². The van der Waals surface area contributed by atoms with Crippen LogP contribution in [0.2, 0.25) is 0 Å². The minimum atomic E-state index is -3.53.